The van der Waals surface area contributed by atoms with Crippen LogP contribution in [0, 0.1) is 0 Å². The number of hydrogen-bond acceptors (Lipinski definition) is 4. The summed E-state index contributed by atoms with van der Waals surface area (Å²) in [5, 5.41) is 4.02. The van der Waals surface area contributed by atoms with E-state index in [9.17, 15) is 4.79 Å². The summed E-state index contributed by atoms with van der Waals surface area (Å²) >= 11 is 0. The first-order chi connectivity index (χ1) is 12.7. The van der Waals surface area contributed by atoms with E-state index in [1.807, 2.05) is 17.0 Å². The van der Waals surface area contributed by atoms with E-state index < -0.39 is 0 Å². The third kappa shape index (κ3) is 3.62. The highest BCUT2D eigenvalue weighted by Gasteiger charge is 2.26. The molecule has 2 heterocycles. The summed E-state index contributed by atoms with van der Waals surface area (Å²) in [7, 11) is 0. The number of carbonyl (C=O) groups excluding carboxylic acids is 1. The number of anilines is 1. The minimum Gasteiger partial charge on any atom is -0.368 e. The molecule has 1 aliphatic carbocycles. The Bertz CT molecular complexity index is 739. The number of nitrogen functional groups attached to an aromatic ring is 1. The SMILES string of the molecule is Nc1cc(C2CCN(C(=O)c3ccc(C4CCCCC4)cc3)CC2)no1. The van der Waals surface area contributed by atoms with E-state index in [-0.39, 0.29) is 5.91 Å². The van der Waals surface area contributed by atoms with Crippen LogP contribution in [0.2, 0.25) is 0 Å². The Hall–Kier alpha value is -2.30. The minimum absolute atomic E-state index is 0.137. The average Bonchev–Trinajstić information content (AvgIpc) is 3.15. The summed E-state index contributed by atoms with van der Waals surface area (Å²) in [4.78, 5) is 14.8. The number of nitrogens with zero attached hydrogens (tertiary/aromatic N) is 2. The van der Waals surface area contributed by atoms with E-state index in [4.69, 9.17) is 10.3 Å². The second kappa shape index (κ2) is 7.52. The van der Waals surface area contributed by atoms with E-state index in [1.165, 1.54) is 37.7 Å². The van der Waals surface area contributed by atoms with Gasteiger partial charge in [-0.25, -0.2) is 0 Å². The van der Waals surface area contributed by atoms with E-state index in [0.717, 1.165) is 37.2 Å². The molecule has 2 fully saturated rings. The second-order valence-electron chi connectivity index (χ2n) is 7.68. The first-order valence-corrected chi connectivity index (χ1v) is 9.82. The largest absolute Gasteiger partial charge is 0.368 e. The van der Waals surface area contributed by atoms with Crippen LogP contribution in [-0.4, -0.2) is 29.1 Å². The van der Waals surface area contributed by atoms with Crippen molar-refractivity contribution in [2.45, 2.75) is 56.8 Å². The molecule has 5 heteroatoms. The first kappa shape index (κ1) is 17.1. The third-order valence-electron chi connectivity index (χ3n) is 5.98. The molecule has 0 atom stereocenters. The highest BCUT2D eigenvalue weighted by Crippen LogP contribution is 2.33. The van der Waals surface area contributed by atoms with Crippen LogP contribution in [-0.2, 0) is 0 Å². The average molecular weight is 353 g/mol. The molecule has 1 aliphatic heterocycles. The summed E-state index contributed by atoms with van der Waals surface area (Å²) in [5.41, 5.74) is 8.71. The van der Waals surface area contributed by atoms with Crippen LogP contribution in [0.25, 0.3) is 0 Å². The van der Waals surface area contributed by atoms with Gasteiger partial charge in [-0.3, -0.25) is 4.79 Å². The predicted molar refractivity (Wildman–Crippen MR) is 101 cm³/mol. The minimum atomic E-state index is 0.137. The van der Waals surface area contributed by atoms with Gasteiger partial charge >= 0.3 is 0 Å². The Morgan fingerprint density at radius 2 is 1.69 bits per heavy atom. The lowest BCUT2D eigenvalue weighted by Gasteiger charge is -2.31. The Morgan fingerprint density at radius 1 is 1.00 bits per heavy atom. The van der Waals surface area contributed by atoms with Gasteiger partial charge in [0.25, 0.3) is 5.91 Å². The number of benzene rings is 1. The molecule has 1 saturated heterocycles. The fraction of sp³-hybridized carbons (Fsp3) is 0.524. The molecule has 1 aromatic carbocycles. The van der Waals surface area contributed by atoms with E-state index in [2.05, 4.69) is 17.3 Å². The number of nitrogens with two attached hydrogens (primary N) is 1. The number of carbonyl (C=O) groups is 1. The summed E-state index contributed by atoms with van der Waals surface area (Å²) in [6, 6.07) is 10.1. The Kier molecular flexibility index (Phi) is 4.96. The maximum absolute atomic E-state index is 12.8. The van der Waals surface area contributed by atoms with Gasteiger partial charge in [-0.1, -0.05) is 36.6 Å². The Morgan fingerprint density at radius 3 is 2.31 bits per heavy atom. The van der Waals surface area contributed by atoms with Crippen molar-refractivity contribution in [3.05, 3.63) is 47.2 Å². The van der Waals surface area contributed by atoms with Crippen LogP contribution in [0.5, 0.6) is 0 Å². The molecule has 2 N–H and O–H groups in total. The molecule has 5 nitrogen and oxygen atoms in total. The Labute approximate surface area is 154 Å². The van der Waals surface area contributed by atoms with Crippen LogP contribution < -0.4 is 5.73 Å². The van der Waals surface area contributed by atoms with Gasteiger partial charge in [0.2, 0.25) is 5.88 Å². The summed E-state index contributed by atoms with van der Waals surface area (Å²) in [6.45, 7) is 1.50. The molecule has 1 saturated carbocycles. The zero-order valence-electron chi connectivity index (χ0n) is 15.2. The molecule has 1 aromatic heterocycles. The molecule has 26 heavy (non-hydrogen) atoms. The monoisotopic (exact) mass is 353 g/mol. The van der Waals surface area contributed by atoms with Crippen LogP contribution in [0.4, 0.5) is 5.88 Å². The van der Waals surface area contributed by atoms with Gasteiger partial charge in [0.15, 0.2) is 0 Å². The smallest absolute Gasteiger partial charge is 0.253 e. The molecule has 0 radical (unpaired) electrons. The highest BCUT2D eigenvalue weighted by molar-refractivity contribution is 5.94. The van der Waals surface area contributed by atoms with Crippen LogP contribution in [0.1, 0.15) is 78.4 Å². The van der Waals surface area contributed by atoms with Crippen molar-refractivity contribution >= 4 is 11.8 Å². The molecule has 0 bridgehead atoms. The van der Waals surface area contributed by atoms with Crippen LogP contribution in [0.15, 0.2) is 34.9 Å². The van der Waals surface area contributed by atoms with E-state index in [1.54, 1.807) is 6.07 Å². The van der Waals surface area contributed by atoms with E-state index >= 15 is 0 Å². The standard InChI is InChI=1S/C21H27N3O2/c22-20-14-19(23-26-20)17-10-12-24(13-11-17)21(25)18-8-6-16(7-9-18)15-4-2-1-3-5-15/h6-9,14-15,17H,1-5,10-13,22H2. The highest BCUT2D eigenvalue weighted by atomic mass is 16.5. The number of amides is 1. The third-order valence-corrected chi connectivity index (χ3v) is 5.98. The number of aromatic nitrogens is 1. The van der Waals surface area contributed by atoms with E-state index in [0.29, 0.717) is 17.7 Å². The molecular formula is C21H27N3O2. The number of hydrogen-bond donors (Lipinski definition) is 1. The fourth-order valence-corrected chi connectivity index (χ4v) is 4.39. The molecule has 2 aromatic rings. The van der Waals surface area contributed by atoms with Crippen molar-refractivity contribution in [3.8, 4) is 0 Å². The second-order valence-corrected chi connectivity index (χ2v) is 7.68. The maximum atomic E-state index is 12.8. The van der Waals surface area contributed by atoms with Crippen molar-refractivity contribution in [2.75, 3.05) is 18.8 Å². The van der Waals surface area contributed by atoms with Gasteiger partial charge < -0.3 is 15.2 Å². The zero-order valence-corrected chi connectivity index (χ0v) is 15.2. The number of piperidine rings is 1. The summed E-state index contributed by atoms with van der Waals surface area (Å²) < 4.78 is 4.97. The van der Waals surface area contributed by atoms with Gasteiger partial charge in [0.1, 0.15) is 0 Å². The maximum Gasteiger partial charge on any atom is 0.253 e. The lowest BCUT2D eigenvalue weighted by molar-refractivity contribution is 0.0711. The number of likely N-dealkylation sites (tertiary alicyclic amines) is 1. The topological polar surface area (TPSA) is 72.4 Å². The Balaban J connectivity index is 1.36. The van der Waals surface area contributed by atoms with Crippen molar-refractivity contribution in [2.24, 2.45) is 0 Å². The van der Waals surface area contributed by atoms with Crippen molar-refractivity contribution in [1.29, 1.82) is 0 Å². The fourth-order valence-electron chi connectivity index (χ4n) is 4.39. The van der Waals surface area contributed by atoms with Crippen molar-refractivity contribution in [3.63, 3.8) is 0 Å². The first-order valence-electron chi connectivity index (χ1n) is 9.82. The molecular weight excluding hydrogens is 326 g/mol. The van der Waals surface area contributed by atoms with Gasteiger partial charge in [-0.05, 0) is 49.3 Å². The molecule has 4 rings (SSSR count). The molecule has 0 unspecified atom stereocenters. The van der Waals surface area contributed by atoms with Gasteiger partial charge in [-0.2, -0.15) is 0 Å². The lowest BCUT2D eigenvalue weighted by Crippen LogP contribution is -2.38. The zero-order chi connectivity index (χ0) is 17.9. The number of rotatable bonds is 3. The summed E-state index contributed by atoms with van der Waals surface area (Å²) in [6.07, 6.45) is 8.40. The van der Waals surface area contributed by atoms with Crippen LogP contribution in [0.3, 0.4) is 0 Å². The molecule has 1 amide bonds. The van der Waals surface area contributed by atoms with Crippen molar-refractivity contribution < 1.29 is 9.32 Å². The predicted octanol–water partition coefficient (Wildman–Crippen LogP) is 4.32. The van der Waals surface area contributed by atoms with Gasteiger partial charge in [0.05, 0.1) is 5.69 Å². The summed E-state index contributed by atoms with van der Waals surface area (Å²) in [5.74, 6) is 1.50. The molecule has 138 valence electrons. The van der Waals surface area contributed by atoms with Crippen molar-refractivity contribution in [1.82, 2.24) is 10.1 Å². The van der Waals surface area contributed by atoms with Crippen LogP contribution >= 0.6 is 0 Å². The van der Waals surface area contributed by atoms with Gasteiger partial charge in [-0.15, -0.1) is 0 Å². The lowest BCUT2D eigenvalue weighted by atomic mass is 9.84. The quantitative estimate of drug-likeness (QED) is 0.892. The molecule has 2 aliphatic rings. The normalized spacial score (nSPS) is 19.6. The van der Waals surface area contributed by atoms with Gasteiger partial charge in [0, 0.05) is 30.6 Å². The molecule has 0 spiro atoms.